The van der Waals surface area contributed by atoms with Crippen molar-refractivity contribution in [1.82, 2.24) is 14.8 Å². The van der Waals surface area contributed by atoms with Crippen LogP contribution in [0.2, 0.25) is 0 Å². The Morgan fingerprint density at radius 2 is 1.94 bits per heavy atom. The molecular formula is C28H33N3O3. The molecule has 0 bridgehead atoms. The second-order valence-corrected chi connectivity index (χ2v) is 9.28. The lowest BCUT2D eigenvalue weighted by molar-refractivity contribution is 0.0322. The summed E-state index contributed by atoms with van der Waals surface area (Å²) in [6.45, 7) is 6.57. The molecule has 2 saturated heterocycles. The van der Waals surface area contributed by atoms with E-state index in [0.29, 0.717) is 18.1 Å². The number of carbonyl (C=O) groups excluding carboxylic acids is 1. The van der Waals surface area contributed by atoms with Crippen molar-refractivity contribution in [2.75, 3.05) is 52.5 Å². The minimum atomic E-state index is 0.0999. The number of amides is 1. The zero-order valence-corrected chi connectivity index (χ0v) is 19.7. The Morgan fingerprint density at radius 3 is 2.85 bits per heavy atom. The highest BCUT2D eigenvalue weighted by atomic mass is 16.5. The van der Waals surface area contributed by atoms with Crippen LogP contribution in [-0.4, -0.2) is 73.2 Å². The molecule has 3 aromatic rings. The van der Waals surface area contributed by atoms with Crippen LogP contribution in [0.3, 0.4) is 0 Å². The summed E-state index contributed by atoms with van der Waals surface area (Å²) in [5.74, 6) is 1.32. The van der Waals surface area contributed by atoms with Gasteiger partial charge in [-0.05, 0) is 61.1 Å². The lowest BCUT2D eigenvalue weighted by Gasteiger charge is -2.33. The van der Waals surface area contributed by atoms with E-state index in [2.05, 4.69) is 34.1 Å². The number of likely N-dealkylation sites (tertiary alicyclic amines) is 1. The lowest BCUT2D eigenvalue weighted by atomic mass is 9.89. The Morgan fingerprint density at radius 1 is 1.06 bits per heavy atom. The third-order valence-electron chi connectivity index (χ3n) is 6.91. The predicted octanol–water partition coefficient (Wildman–Crippen LogP) is 4.04. The summed E-state index contributed by atoms with van der Waals surface area (Å²) < 4.78 is 11.4. The zero-order valence-electron chi connectivity index (χ0n) is 19.7. The smallest absolute Gasteiger partial charge is 0.253 e. The molecule has 0 N–H and O–H groups in total. The molecule has 2 fully saturated rings. The number of fused-ring (bicyclic) bond motifs is 1. The van der Waals surface area contributed by atoms with E-state index in [4.69, 9.17) is 9.47 Å². The summed E-state index contributed by atoms with van der Waals surface area (Å²) in [7, 11) is 0. The fourth-order valence-corrected chi connectivity index (χ4v) is 5.09. The van der Waals surface area contributed by atoms with E-state index in [9.17, 15) is 4.79 Å². The molecule has 2 aliphatic heterocycles. The van der Waals surface area contributed by atoms with Crippen molar-refractivity contribution in [2.24, 2.45) is 5.92 Å². The topological polar surface area (TPSA) is 54.9 Å². The number of benzene rings is 2. The van der Waals surface area contributed by atoms with Crippen LogP contribution in [0.25, 0.3) is 10.9 Å². The summed E-state index contributed by atoms with van der Waals surface area (Å²) in [6, 6.07) is 18.1. The van der Waals surface area contributed by atoms with Crippen LogP contribution in [0.15, 0.2) is 60.8 Å². The van der Waals surface area contributed by atoms with Crippen molar-refractivity contribution < 1.29 is 14.3 Å². The van der Waals surface area contributed by atoms with Gasteiger partial charge in [0.25, 0.3) is 5.91 Å². The largest absolute Gasteiger partial charge is 0.492 e. The van der Waals surface area contributed by atoms with Gasteiger partial charge in [-0.2, -0.15) is 0 Å². The Kier molecular flexibility index (Phi) is 7.37. The fraction of sp³-hybridized carbons (Fsp3) is 0.429. The summed E-state index contributed by atoms with van der Waals surface area (Å²) in [5.41, 5.74) is 3.06. The van der Waals surface area contributed by atoms with Gasteiger partial charge in [-0.15, -0.1) is 0 Å². The number of ether oxygens (including phenoxy) is 2. The maximum atomic E-state index is 13.3. The molecule has 1 unspecified atom stereocenters. The van der Waals surface area contributed by atoms with E-state index in [-0.39, 0.29) is 5.91 Å². The van der Waals surface area contributed by atoms with E-state index < -0.39 is 0 Å². The predicted molar refractivity (Wildman–Crippen MR) is 133 cm³/mol. The summed E-state index contributed by atoms with van der Waals surface area (Å²) in [6.07, 6.45) is 4.99. The first-order valence-electron chi connectivity index (χ1n) is 12.4. The Balaban J connectivity index is 1.19. The van der Waals surface area contributed by atoms with Crippen molar-refractivity contribution in [1.29, 1.82) is 0 Å². The number of carbonyl (C=O) groups is 1. The molecule has 34 heavy (non-hydrogen) atoms. The van der Waals surface area contributed by atoms with E-state index in [1.165, 1.54) is 10.9 Å². The van der Waals surface area contributed by atoms with Crippen LogP contribution in [0.1, 0.15) is 28.8 Å². The van der Waals surface area contributed by atoms with Crippen molar-refractivity contribution in [3.05, 3.63) is 71.9 Å². The second kappa shape index (κ2) is 11.0. The highest BCUT2D eigenvalue weighted by Gasteiger charge is 2.25. The minimum Gasteiger partial charge on any atom is -0.492 e. The first-order chi connectivity index (χ1) is 16.8. The Bertz CT molecular complexity index is 1110. The molecular weight excluding hydrogens is 426 g/mol. The number of piperidine rings is 1. The molecule has 3 heterocycles. The molecule has 0 aliphatic carbocycles. The maximum Gasteiger partial charge on any atom is 0.253 e. The lowest BCUT2D eigenvalue weighted by Crippen LogP contribution is -2.40. The van der Waals surface area contributed by atoms with Crippen LogP contribution >= 0.6 is 0 Å². The maximum absolute atomic E-state index is 13.3. The van der Waals surface area contributed by atoms with Crippen LogP contribution in [-0.2, 0) is 11.2 Å². The second-order valence-electron chi connectivity index (χ2n) is 9.28. The van der Waals surface area contributed by atoms with E-state index in [1.807, 2.05) is 41.4 Å². The molecule has 178 valence electrons. The molecule has 6 heteroatoms. The highest BCUT2D eigenvalue weighted by molar-refractivity contribution is 5.94. The number of pyridine rings is 1. The third kappa shape index (κ3) is 5.57. The fourth-order valence-electron chi connectivity index (χ4n) is 5.09. The van der Waals surface area contributed by atoms with Gasteiger partial charge < -0.3 is 14.4 Å². The van der Waals surface area contributed by atoms with Gasteiger partial charge in [0.05, 0.1) is 18.7 Å². The van der Waals surface area contributed by atoms with Crippen LogP contribution in [0.4, 0.5) is 0 Å². The number of morpholine rings is 1. The molecule has 0 spiro atoms. The molecule has 2 aliphatic rings. The number of nitrogens with zero attached hydrogens (tertiary/aromatic N) is 3. The van der Waals surface area contributed by atoms with Gasteiger partial charge in [0.1, 0.15) is 12.4 Å². The monoisotopic (exact) mass is 459 g/mol. The quantitative estimate of drug-likeness (QED) is 0.534. The van der Waals surface area contributed by atoms with Gasteiger partial charge in [-0.3, -0.25) is 14.7 Å². The van der Waals surface area contributed by atoms with Crippen molar-refractivity contribution in [3.8, 4) is 5.75 Å². The minimum absolute atomic E-state index is 0.0999. The third-order valence-corrected chi connectivity index (χ3v) is 6.91. The zero-order chi connectivity index (χ0) is 23.2. The first kappa shape index (κ1) is 22.8. The van der Waals surface area contributed by atoms with Crippen molar-refractivity contribution >= 4 is 16.8 Å². The van der Waals surface area contributed by atoms with Gasteiger partial charge in [-0.25, -0.2) is 0 Å². The van der Waals surface area contributed by atoms with Gasteiger partial charge in [0.2, 0.25) is 0 Å². The summed E-state index contributed by atoms with van der Waals surface area (Å²) in [4.78, 5) is 22.2. The molecule has 6 nitrogen and oxygen atoms in total. The molecule has 5 rings (SSSR count). The van der Waals surface area contributed by atoms with Crippen molar-refractivity contribution in [2.45, 2.75) is 19.3 Å². The number of hydrogen-bond donors (Lipinski definition) is 0. The van der Waals surface area contributed by atoms with E-state index in [0.717, 1.165) is 76.5 Å². The number of aromatic nitrogens is 1. The molecule has 2 aromatic carbocycles. The van der Waals surface area contributed by atoms with Gasteiger partial charge in [0.15, 0.2) is 0 Å². The molecule has 0 saturated carbocycles. The van der Waals surface area contributed by atoms with E-state index >= 15 is 0 Å². The first-order valence-corrected chi connectivity index (χ1v) is 12.4. The van der Waals surface area contributed by atoms with Gasteiger partial charge >= 0.3 is 0 Å². The number of rotatable bonds is 7. The average Bonchev–Trinajstić information content (AvgIpc) is 2.89. The molecule has 1 amide bonds. The van der Waals surface area contributed by atoms with Crippen LogP contribution < -0.4 is 4.74 Å². The summed E-state index contributed by atoms with van der Waals surface area (Å²) >= 11 is 0. The molecule has 1 atom stereocenters. The van der Waals surface area contributed by atoms with E-state index in [1.54, 1.807) is 0 Å². The number of hydrogen-bond acceptors (Lipinski definition) is 5. The SMILES string of the molecule is O=C(c1cccc(OCCN2CCOCC2)c1)N1CCCC(Cc2cccc3ncccc23)C1. The van der Waals surface area contributed by atoms with Crippen molar-refractivity contribution in [3.63, 3.8) is 0 Å². The average molecular weight is 460 g/mol. The summed E-state index contributed by atoms with van der Waals surface area (Å²) in [5, 5.41) is 1.22. The molecule has 1 aromatic heterocycles. The molecule has 0 radical (unpaired) electrons. The Labute approximate surface area is 201 Å². The highest BCUT2D eigenvalue weighted by Crippen LogP contribution is 2.26. The van der Waals surface area contributed by atoms with Gasteiger partial charge in [-0.1, -0.05) is 24.3 Å². The van der Waals surface area contributed by atoms with Gasteiger partial charge in [0, 0.05) is 49.9 Å². The standard InChI is InChI=1S/C28H33N3O3/c32-28(24-7-1-8-25(20-24)34-18-15-30-13-16-33-17-14-30)31-12-4-5-22(21-31)19-23-6-2-10-27-26(23)9-3-11-29-27/h1-3,6-11,20,22H,4-5,12-19,21H2. The van der Waals surface area contributed by atoms with Crippen LogP contribution in [0, 0.1) is 5.92 Å². The van der Waals surface area contributed by atoms with Crippen LogP contribution in [0.5, 0.6) is 5.75 Å². The Hall–Kier alpha value is -2.96. The normalized spacial score (nSPS) is 19.3.